The van der Waals surface area contributed by atoms with Crippen LogP contribution in [0.25, 0.3) is 0 Å². The van der Waals surface area contributed by atoms with E-state index < -0.39 is 7.12 Å². The third-order valence-corrected chi connectivity index (χ3v) is 1.19. The summed E-state index contributed by atoms with van der Waals surface area (Å²) in [4.78, 5) is 0. The van der Waals surface area contributed by atoms with Crippen LogP contribution in [0.1, 0.15) is 6.92 Å². The highest BCUT2D eigenvalue weighted by molar-refractivity contribution is 6.52. The second-order valence-corrected chi connectivity index (χ2v) is 1.98. The van der Waals surface area contributed by atoms with Gasteiger partial charge in [-0.15, -0.1) is 0 Å². The average Bonchev–Trinajstić information content (AvgIpc) is 1.87. The molecule has 2 N–H and O–H groups in total. The van der Waals surface area contributed by atoms with Gasteiger partial charge in [0.05, 0.1) is 0 Å². The van der Waals surface area contributed by atoms with Gasteiger partial charge in [0.1, 0.15) is 0 Å². The zero-order valence-corrected chi connectivity index (χ0v) is 6.04. The van der Waals surface area contributed by atoms with Crippen LogP contribution >= 0.6 is 0 Å². The highest BCUT2D eigenvalue weighted by Gasteiger charge is 2.12. The quantitative estimate of drug-likeness (QED) is 0.444. The fourth-order valence-corrected chi connectivity index (χ4v) is 0.487. The second kappa shape index (κ2) is 4.09. The van der Waals surface area contributed by atoms with Gasteiger partial charge in [-0.25, -0.2) is 0 Å². The molecule has 0 atom stereocenters. The molecule has 0 aromatic carbocycles. The first-order chi connectivity index (χ1) is 4.59. The highest BCUT2D eigenvalue weighted by Crippen LogP contribution is 2.06. The lowest BCUT2D eigenvalue weighted by Gasteiger charge is -2.01. The smallest absolute Gasteiger partial charge is 0.423 e. The van der Waals surface area contributed by atoms with Crippen molar-refractivity contribution in [2.75, 3.05) is 0 Å². The third kappa shape index (κ3) is 2.66. The molecule has 0 aliphatic rings. The van der Waals surface area contributed by atoms with Crippen LogP contribution in [0.15, 0.2) is 36.4 Å². The molecular formula is C7H11BO2. The maximum absolute atomic E-state index is 8.60. The zero-order valence-electron chi connectivity index (χ0n) is 6.04. The van der Waals surface area contributed by atoms with E-state index in [1.54, 1.807) is 19.1 Å². The van der Waals surface area contributed by atoms with Crippen LogP contribution in [0.5, 0.6) is 0 Å². The van der Waals surface area contributed by atoms with E-state index in [-0.39, 0.29) is 0 Å². The second-order valence-electron chi connectivity index (χ2n) is 1.98. The minimum absolute atomic E-state index is 0.305. The molecule has 0 aromatic rings. The van der Waals surface area contributed by atoms with Crippen LogP contribution in [0, 0.1) is 0 Å². The van der Waals surface area contributed by atoms with Gasteiger partial charge in [0.2, 0.25) is 0 Å². The Balaban J connectivity index is 4.21. The summed E-state index contributed by atoms with van der Waals surface area (Å²) >= 11 is 0. The van der Waals surface area contributed by atoms with E-state index in [1.807, 2.05) is 0 Å². The largest absolute Gasteiger partial charge is 0.488 e. The molecule has 0 fully saturated rings. The Morgan fingerprint density at radius 1 is 1.50 bits per heavy atom. The first kappa shape index (κ1) is 9.20. The monoisotopic (exact) mass is 138 g/mol. The molecule has 0 amide bonds. The Morgan fingerprint density at radius 3 is 2.30 bits per heavy atom. The highest BCUT2D eigenvalue weighted by atomic mass is 16.4. The molecule has 0 saturated carbocycles. The molecule has 0 aliphatic heterocycles. The number of allylic oxidation sites excluding steroid dienone is 4. The van der Waals surface area contributed by atoms with Gasteiger partial charge in [0.15, 0.2) is 0 Å². The summed E-state index contributed by atoms with van der Waals surface area (Å²) in [6.07, 6.45) is 3.24. The van der Waals surface area contributed by atoms with Crippen molar-refractivity contribution in [3.63, 3.8) is 0 Å². The fraction of sp³-hybridized carbons (Fsp3) is 0.143. The fourth-order valence-electron chi connectivity index (χ4n) is 0.487. The van der Waals surface area contributed by atoms with E-state index in [9.17, 15) is 0 Å². The number of rotatable bonds is 3. The van der Waals surface area contributed by atoms with Gasteiger partial charge >= 0.3 is 7.12 Å². The first-order valence-electron chi connectivity index (χ1n) is 2.94. The van der Waals surface area contributed by atoms with Gasteiger partial charge in [-0.3, -0.25) is 0 Å². The van der Waals surface area contributed by atoms with E-state index >= 15 is 0 Å². The van der Waals surface area contributed by atoms with Crippen LogP contribution in [0.3, 0.4) is 0 Å². The third-order valence-electron chi connectivity index (χ3n) is 1.19. The van der Waals surface area contributed by atoms with Gasteiger partial charge in [-0.2, -0.15) is 0 Å². The lowest BCUT2D eigenvalue weighted by Crippen LogP contribution is -2.14. The predicted molar refractivity (Wildman–Crippen MR) is 43.3 cm³/mol. The Morgan fingerprint density at radius 2 is 2.00 bits per heavy atom. The number of hydrogen-bond acceptors (Lipinski definition) is 2. The summed E-state index contributed by atoms with van der Waals surface area (Å²) in [5, 5.41) is 17.2. The first-order valence-corrected chi connectivity index (χ1v) is 2.94. The Bertz CT molecular complexity index is 170. The summed E-state index contributed by atoms with van der Waals surface area (Å²) < 4.78 is 0. The van der Waals surface area contributed by atoms with Crippen molar-refractivity contribution in [1.82, 2.24) is 0 Å². The van der Waals surface area contributed by atoms with Crippen LogP contribution < -0.4 is 0 Å². The van der Waals surface area contributed by atoms with Gasteiger partial charge in [-0.05, 0) is 12.4 Å². The van der Waals surface area contributed by atoms with Crippen molar-refractivity contribution in [2.45, 2.75) is 6.92 Å². The molecule has 10 heavy (non-hydrogen) atoms. The molecule has 0 unspecified atom stereocenters. The molecule has 0 aromatic heterocycles. The molecule has 0 saturated heterocycles. The van der Waals surface area contributed by atoms with Crippen molar-refractivity contribution in [2.24, 2.45) is 0 Å². The normalized spacial score (nSPS) is 10.9. The molecule has 2 nitrogen and oxygen atoms in total. The van der Waals surface area contributed by atoms with Crippen molar-refractivity contribution >= 4 is 7.12 Å². The molecule has 0 spiro atoms. The Hall–Kier alpha value is -0.795. The summed E-state index contributed by atoms with van der Waals surface area (Å²) in [6.45, 7) is 8.66. The van der Waals surface area contributed by atoms with Gasteiger partial charge in [0.25, 0.3) is 0 Å². The average molecular weight is 138 g/mol. The van der Waals surface area contributed by atoms with E-state index in [2.05, 4.69) is 13.2 Å². The molecule has 3 heteroatoms. The van der Waals surface area contributed by atoms with Crippen LogP contribution in [0.4, 0.5) is 0 Å². The maximum Gasteiger partial charge on any atom is 0.488 e. The van der Waals surface area contributed by atoms with Crippen molar-refractivity contribution in [3.8, 4) is 0 Å². The van der Waals surface area contributed by atoms with E-state index in [4.69, 9.17) is 10.0 Å². The van der Waals surface area contributed by atoms with Crippen molar-refractivity contribution in [3.05, 3.63) is 36.4 Å². The standard InChI is InChI=1S/C7H11BO2/c1-4-5-6(2)7(3)8(9)10/h4-5,9-10H,1,3H2,2H3/b6-5-. The van der Waals surface area contributed by atoms with Crippen LogP contribution in [-0.2, 0) is 0 Å². The topological polar surface area (TPSA) is 40.5 Å². The lowest BCUT2D eigenvalue weighted by molar-refractivity contribution is 0.420. The van der Waals surface area contributed by atoms with Crippen LogP contribution in [-0.4, -0.2) is 17.2 Å². The predicted octanol–water partition coefficient (Wildman–Crippen LogP) is 0.687. The summed E-state index contributed by atoms with van der Waals surface area (Å²) in [6, 6.07) is 0. The maximum atomic E-state index is 8.60. The lowest BCUT2D eigenvalue weighted by atomic mass is 9.76. The summed E-state index contributed by atoms with van der Waals surface area (Å²) in [5.41, 5.74) is 1.03. The van der Waals surface area contributed by atoms with E-state index in [1.165, 1.54) is 0 Å². The molecule has 0 heterocycles. The van der Waals surface area contributed by atoms with Gasteiger partial charge in [-0.1, -0.05) is 30.9 Å². The zero-order chi connectivity index (χ0) is 8.15. The molecule has 0 aliphatic carbocycles. The van der Waals surface area contributed by atoms with Gasteiger partial charge < -0.3 is 10.0 Å². The molecule has 0 radical (unpaired) electrons. The minimum atomic E-state index is -1.46. The van der Waals surface area contributed by atoms with E-state index in [0.29, 0.717) is 5.47 Å². The minimum Gasteiger partial charge on any atom is -0.423 e. The Kier molecular flexibility index (Phi) is 3.76. The SMILES string of the molecule is C=C/C=C(/C)C(=C)B(O)O. The molecular weight excluding hydrogens is 127 g/mol. The van der Waals surface area contributed by atoms with Crippen molar-refractivity contribution in [1.29, 1.82) is 0 Å². The van der Waals surface area contributed by atoms with Gasteiger partial charge in [0, 0.05) is 0 Å². The summed E-state index contributed by atoms with van der Waals surface area (Å²) in [7, 11) is -1.46. The number of hydrogen-bond donors (Lipinski definition) is 2. The molecule has 54 valence electrons. The summed E-state index contributed by atoms with van der Waals surface area (Å²) in [5.74, 6) is 0. The van der Waals surface area contributed by atoms with Crippen LogP contribution in [0.2, 0.25) is 0 Å². The Labute approximate surface area is 61.3 Å². The van der Waals surface area contributed by atoms with E-state index in [0.717, 1.165) is 5.57 Å². The molecule has 0 bridgehead atoms. The molecule has 0 rings (SSSR count). The van der Waals surface area contributed by atoms with Crippen molar-refractivity contribution < 1.29 is 10.0 Å².